The van der Waals surface area contributed by atoms with Gasteiger partial charge in [0.25, 0.3) is 0 Å². The molecule has 0 aliphatic carbocycles. The average Bonchev–Trinajstić information content (AvgIpc) is 2.50. The Bertz CT molecular complexity index is 244. The molecule has 0 saturated heterocycles. The van der Waals surface area contributed by atoms with Crippen LogP contribution in [0.5, 0.6) is 5.75 Å². The zero-order valence-electron chi connectivity index (χ0n) is 6.41. The van der Waals surface area contributed by atoms with Crippen molar-refractivity contribution in [2.45, 2.75) is 6.04 Å². The third kappa shape index (κ3) is 1.61. The molecule has 0 bridgehead atoms. The van der Waals surface area contributed by atoms with Gasteiger partial charge in [0.15, 0.2) is 0 Å². The number of nitrogens with two attached hydrogens (primary N) is 1. The Morgan fingerprint density at radius 1 is 1.73 bits per heavy atom. The van der Waals surface area contributed by atoms with Crippen LogP contribution in [0, 0.1) is 0 Å². The van der Waals surface area contributed by atoms with Gasteiger partial charge < -0.3 is 10.5 Å². The summed E-state index contributed by atoms with van der Waals surface area (Å²) in [5.74, 6) is 0.849. The summed E-state index contributed by atoms with van der Waals surface area (Å²) in [6.45, 7) is 3.62. The Labute approximate surface area is 70.3 Å². The quantitative estimate of drug-likeness (QED) is 0.702. The second kappa shape index (κ2) is 3.55. The van der Waals surface area contributed by atoms with Gasteiger partial charge in [0.1, 0.15) is 5.75 Å². The van der Waals surface area contributed by atoms with Crippen molar-refractivity contribution < 1.29 is 4.74 Å². The summed E-state index contributed by atoms with van der Waals surface area (Å²) < 4.78 is 5.09. The number of ether oxygens (including phenoxy) is 1. The Morgan fingerprint density at radius 2 is 2.45 bits per heavy atom. The van der Waals surface area contributed by atoms with Crippen LogP contribution in [0.15, 0.2) is 23.4 Å². The number of methoxy groups -OCH3 is 1. The number of thiophene rings is 1. The van der Waals surface area contributed by atoms with E-state index < -0.39 is 0 Å². The molecule has 0 aromatic carbocycles. The number of rotatable bonds is 3. The molecule has 0 spiro atoms. The second-order valence-corrected chi connectivity index (χ2v) is 2.90. The van der Waals surface area contributed by atoms with E-state index in [4.69, 9.17) is 10.5 Å². The highest BCUT2D eigenvalue weighted by molar-refractivity contribution is 7.08. The van der Waals surface area contributed by atoms with E-state index in [0.29, 0.717) is 0 Å². The summed E-state index contributed by atoms with van der Waals surface area (Å²) in [4.78, 5) is 0. The molecular weight excluding hydrogens is 158 g/mol. The molecule has 3 heteroatoms. The van der Waals surface area contributed by atoms with E-state index in [1.165, 1.54) is 0 Å². The maximum absolute atomic E-state index is 5.72. The largest absolute Gasteiger partial charge is 0.496 e. The van der Waals surface area contributed by atoms with E-state index in [1.54, 1.807) is 24.5 Å². The lowest BCUT2D eigenvalue weighted by atomic mass is 10.1. The number of hydrogen-bond donors (Lipinski definition) is 1. The van der Waals surface area contributed by atoms with Gasteiger partial charge in [-0.15, -0.1) is 17.9 Å². The molecule has 0 aliphatic heterocycles. The Balaban J connectivity index is 2.91. The van der Waals surface area contributed by atoms with Crippen LogP contribution < -0.4 is 10.5 Å². The molecule has 1 rings (SSSR count). The van der Waals surface area contributed by atoms with Crippen LogP contribution in [0.25, 0.3) is 0 Å². The van der Waals surface area contributed by atoms with Gasteiger partial charge in [-0.2, -0.15) is 0 Å². The molecule has 0 saturated carbocycles. The zero-order chi connectivity index (χ0) is 8.27. The van der Waals surface area contributed by atoms with Crippen LogP contribution in [0.4, 0.5) is 0 Å². The maximum atomic E-state index is 5.72. The predicted molar refractivity (Wildman–Crippen MR) is 48.0 cm³/mol. The fraction of sp³-hybridized carbons (Fsp3) is 0.250. The molecule has 60 valence electrons. The van der Waals surface area contributed by atoms with E-state index in [0.717, 1.165) is 11.3 Å². The van der Waals surface area contributed by atoms with Crippen molar-refractivity contribution in [2.75, 3.05) is 7.11 Å². The molecular formula is C8H11NOS. The van der Waals surface area contributed by atoms with Crippen LogP contribution in [0.1, 0.15) is 11.6 Å². The van der Waals surface area contributed by atoms with Crippen molar-refractivity contribution in [1.29, 1.82) is 0 Å². The minimum atomic E-state index is -0.115. The first-order chi connectivity index (χ1) is 5.29. The SMILES string of the molecule is C=CC(N)c1cscc1OC. The summed E-state index contributed by atoms with van der Waals surface area (Å²) in [5, 5.41) is 3.91. The number of hydrogen-bond acceptors (Lipinski definition) is 3. The third-order valence-corrected chi connectivity index (χ3v) is 2.23. The van der Waals surface area contributed by atoms with Gasteiger partial charge in [-0.3, -0.25) is 0 Å². The molecule has 2 nitrogen and oxygen atoms in total. The van der Waals surface area contributed by atoms with E-state index in [-0.39, 0.29) is 6.04 Å². The molecule has 0 amide bonds. The first kappa shape index (κ1) is 8.30. The van der Waals surface area contributed by atoms with Gasteiger partial charge in [0.2, 0.25) is 0 Å². The molecule has 0 fully saturated rings. The lowest BCUT2D eigenvalue weighted by Gasteiger charge is -2.05. The smallest absolute Gasteiger partial charge is 0.134 e. The fourth-order valence-electron chi connectivity index (χ4n) is 0.831. The van der Waals surface area contributed by atoms with Crippen LogP contribution in [-0.4, -0.2) is 7.11 Å². The van der Waals surface area contributed by atoms with Crippen molar-refractivity contribution in [3.05, 3.63) is 29.0 Å². The van der Waals surface area contributed by atoms with E-state index >= 15 is 0 Å². The van der Waals surface area contributed by atoms with Gasteiger partial charge in [-0.1, -0.05) is 6.08 Å². The highest BCUT2D eigenvalue weighted by Gasteiger charge is 2.08. The molecule has 0 aliphatic rings. The molecule has 1 aromatic heterocycles. The summed E-state index contributed by atoms with van der Waals surface area (Å²) >= 11 is 1.58. The van der Waals surface area contributed by atoms with Gasteiger partial charge in [0, 0.05) is 10.9 Å². The predicted octanol–water partition coefficient (Wildman–Crippen LogP) is 1.94. The zero-order valence-corrected chi connectivity index (χ0v) is 7.23. The van der Waals surface area contributed by atoms with Crippen LogP contribution in [-0.2, 0) is 0 Å². The van der Waals surface area contributed by atoms with Gasteiger partial charge in [0.05, 0.1) is 13.2 Å². The Hall–Kier alpha value is -0.800. The topological polar surface area (TPSA) is 35.2 Å². The maximum Gasteiger partial charge on any atom is 0.134 e. The highest BCUT2D eigenvalue weighted by atomic mass is 32.1. The lowest BCUT2D eigenvalue weighted by molar-refractivity contribution is 0.410. The molecule has 2 N–H and O–H groups in total. The van der Waals surface area contributed by atoms with Crippen molar-refractivity contribution in [2.24, 2.45) is 5.73 Å². The molecule has 1 heterocycles. The lowest BCUT2D eigenvalue weighted by Crippen LogP contribution is -2.06. The van der Waals surface area contributed by atoms with E-state index in [9.17, 15) is 0 Å². The average molecular weight is 169 g/mol. The minimum absolute atomic E-state index is 0.115. The van der Waals surface area contributed by atoms with Gasteiger partial charge >= 0.3 is 0 Å². The Morgan fingerprint density at radius 3 is 3.00 bits per heavy atom. The van der Waals surface area contributed by atoms with E-state index in [2.05, 4.69) is 6.58 Å². The van der Waals surface area contributed by atoms with Crippen molar-refractivity contribution in [1.82, 2.24) is 0 Å². The Kier molecular flexibility index (Phi) is 2.68. The van der Waals surface area contributed by atoms with E-state index in [1.807, 2.05) is 10.8 Å². The highest BCUT2D eigenvalue weighted by Crippen LogP contribution is 2.27. The third-order valence-electron chi connectivity index (χ3n) is 1.49. The summed E-state index contributed by atoms with van der Waals surface area (Å²) in [6, 6.07) is -0.115. The molecule has 1 atom stereocenters. The van der Waals surface area contributed by atoms with Crippen LogP contribution >= 0.6 is 11.3 Å². The summed E-state index contributed by atoms with van der Waals surface area (Å²) in [5.41, 5.74) is 6.73. The molecule has 1 aromatic rings. The normalized spacial score (nSPS) is 12.5. The molecule has 11 heavy (non-hydrogen) atoms. The molecule has 1 unspecified atom stereocenters. The van der Waals surface area contributed by atoms with Crippen molar-refractivity contribution in [3.8, 4) is 5.75 Å². The summed E-state index contributed by atoms with van der Waals surface area (Å²) in [6.07, 6.45) is 1.70. The minimum Gasteiger partial charge on any atom is -0.496 e. The first-order valence-electron chi connectivity index (χ1n) is 3.27. The standard InChI is InChI=1S/C8H11NOS/c1-3-7(9)6-4-11-5-8(6)10-2/h3-5,7H,1,9H2,2H3. The second-order valence-electron chi connectivity index (χ2n) is 2.16. The van der Waals surface area contributed by atoms with Gasteiger partial charge in [-0.25, -0.2) is 0 Å². The monoisotopic (exact) mass is 169 g/mol. The first-order valence-corrected chi connectivity index (χ1v) is 4.22. The van der Waals surface area contributed by atoms with Crippen LogP contribution in [0.3, 0.4) is 0 Å². The van der Waals surface area contributed by atoms with Crippen LogP contribution in [0.2, 0.25) is 0 Å². The fourth-order valence-corrected chi connectivity index (χ4v) is 1.67. The molecule has 0 radical (unpaired) electrons. The summed E-state index contributed by atoms with van der Waals surface area (Å²) in [7, 11) is 1.64. The van der Waals surface area contributed by atoms with Crippen molar-refractivity contribution in [3.63, 3.8) is 0 Å². The van der Waals surface area contributed by atoms with Gasteiger partial charge in [-0.05, 0) is 5.38 Å². The van der Waals surface area contributed by atoms with Crippen molar-refractivity contribution >= 4 is 11.3 Å².